The fraction of sp³-hybridized carbons (Fsp3) is 0.571. The van der Waals surface area contributed by atoms with Crippen molar-refractivity contribution in [2.75, 3.05) is 39.5 Å². The second kappa shape index (κ2) is 9.74. The van der Waals surface area contributed by atoms with Gasteiger partial charge in [-0.2, -0.15) is 0 Å². The highest BCUT2D eigenvalue weighted by atomic mass is 16.5. The van der Waals surface area contributed by atoms with E-state index >= 15 is 0 Å². The summed E-state index contributed by atoms with van der Waals surface area (Å²) in [4.78, 5) is 0. The van der Waals surface area contributed by atoms with E-state index in [0.29, 0.717) is 26.4 Å². The standard InChI is InChI=1S/C14H23NO3/c1-3-15-9-10-16-11-12-18-14-8-6-5-7-13(14)17-4-2/h5-8,15H,3-4,9-12H2,1-2H3. The smallest absolute Gasteiger partial charge is 0.161 e. The highest BCUT2D eigenvalue weighted by Gasteiger charge is 2.02. The Bertz CT molecular complexity index is 318. The van der Waals surface area contributed by atoms with Gasteiger partial charge in [0.2, 0.25) is 0 Å². The van der Waals surface area contributed by atoms with Crippen LogP contribution in [0.1, 0.15) is 13.8 Å². The highest BCUT2D eigenvalue weighted by molar-refractivity contribution is 5.39. The van der Waals surface area contributed by atoms with Crippen LogP contribution in [0.5, 0.6) is 11.5 Å². The molecule has 0 saturated carbocycles. The molecule has 0 unspecified atom stereocenters. The van der Waals surface area contributed by atoms with Gasteiger partial charge in [-0.05, 0) is 25.6 Å². The number of benzene rings is 1. The summed E-state index contributed by atoms with van der Waals surface area (Å²) in [6.07, 6.45) is 0. The molecule has 1 aromatic rings. The van der Waals surface area contributed by atoms with Gasteiger partial charge >= 0.3 is 0 Å². The van der Waals surface area contributed by atoms with Crippen LogP contribution < -0.4 is 14.8 Å². The average Bonchev–Trinajstić information content (AvgIpc) is 2.40. The van der Waals surface area contributed by atoms with Crippen LogP contribution in [0.2, 0.25) is 0 Å². The van der Waals surface area contributed by atoms with Crippen LogP contribution in [0.25, 0.3) is 0 Å². The maximum atomic E-state index is 5.63. The van der Waals surface area contributed by atoms with E-state index < -0.39 is 0 Å². The van der Waals surface area contributed by atoms with Crippen LogP contribution in [0.3, 0.4) is 0 Å². The zero-order valence-electron chi connectivity index (χ0n) is 11.3. The fourth-order valence-corrected chi connectivity index (χ4v) is 1.48. The van der Waals surface area contributed by atoms with Crippen molar-refractivity contribution in [2.24, 2.45) is 0 Å². The molecule has 1 aromatic carbocycles. The largest absolute Gasteiger partial charge is 0.490 e. The molecule has 1 rings (SSSR count). The number of ether oxygens (including phenoxy) is 3. The van der Waals surface area contributed by atoms with E-state index in [1.807, 2.05) is 31.2 Å². The minimum Gasteiger partial charge on any atom is -0.490 e. The summed E-state index contributed by atoms with van der Waals surface area (Å²) < 4.78 is 16.5. The Balaban J connectivity index is 2.18. The Morgan fingerprint density at radius 1 is 0.944 bits per heavy atom. The molecule has 0 aromatic heterocycles. The lowest BCUT2D eigenvalue weighted by atomic mass is 10.3. The second-order valence-corrected chi connectivity index (χ2v) is 3.69. The minimum atomic E-state index is 0.538. The predicted octanol–water partition coefficient (Wildman–Crippen LogP) is 2.09. The van der Waals surface area contributed by atoms with E-state index in [-0.39, 0.29) is 0 Å². The summed E-state index contributed by atoms with van der Waals surface area (Å²) in [5.74, 6) is 1.56. The third kappa shape index (κ3) is 5.89. The molecule has 4 heteroatoms. The predicted molar refractivity (Wildman–Crippen MR) is 72.5 cm³/mol. The quantitative estimate of drug-likeness (QED) is 0.648. The monoisotopic (exact) mass is 253 g/mol. The molecule has 0 aliphatic rings. The Morgan fingerprint density at radius 2 is 1.67 bits per heavy atom. The number of rotatable bonds is 10. The molecule has 0 radical (unpaired) electrons. The first-order valence-electron chi connectivity index (χ1n) is 6.51. The molecule has 0 atom stereocenters. The van der Waals surface area contributed by atoms with Crippen molar-refractivity contribution in [1.29, 1.82) is 0 Å². The first-order chi connectivity index (χ1) is 8.88. The molecule has 0 spiro atoms. The molecular weight excluding hydrogens is 230 g/mol. The van der Waals surface area contributed by atoms with Crippen LogP contribution in [-0.2, 0) is 4.74 Å². The lowest BCUT2D eigenvalue weighted by Crippen LogP contribution is -2.20. The van der Waals surface area contributed by atoms with Crippen molar-refractivity contribution in [3.8, 4) is 11.5 Å². The number of nitrogens with one attached hydrogen (secondary N) is 1. The molecular formula is C14H23NO3. The lowest BCUT2D eigenvalue weighted by molar-refractivity contribution is 0.101. The third-order valence-electron chi connectivity index (χ3n) is 2.31. The number of likely N-dealkylation sites (N-methyl/N-ethyl adjacent to an activating group) is 1. The lowest BCUT2D eigenvalue weighted by Gasteiger charge is -2.11. The molecule has 0 amide bonds. The zero-order chi connectivity index (χ0) is 13.1. The summed E-state index contributed by atoms with van der Waals surface area (Å²) >= 11 is 0. The Kier molecular flexibility index (Phi) is 8.01. The van der Waals surface area contributed by atoms with E-state index in [9.17, 15) is 0 Å². The van der Waals surface area contributed by atoms with Gasteiger partial charge in [0.25, 0.3) is 0 Å². The molecule has 18 heavy (non-hydrogen) atoms. The maximum absolute atomic E-state index is 5.63. The topological polar surface area (TPSA) is 39.7 Å². The van der Waals surface area contributed by atoms with E-state index in [2.05, 4.69) is 12.2 Å². The van der Waals surface area contributed by atoms with Crippen LogP contribution in [0.15, 0.2) is 24.3 Å². The van der Waals surface area contributed by atoms with Gasteiger partial charge in [-0.1, -0.05) is 19.1 Å². The molecule has 4 nitrogen and oxygen atoms in total. The van der Waals surface area contributed by atoms with Gasteiger partial charge in [-0.25, -0.2) is 0 Å². The summed E-state index contributed by atoms with van der Waals surface area (Å²) in [7, 11) is 0. The second-order valence-electron chi connectivity index (χ2n) is 3.69. The Morgan fingerprint density at radius 3 is 2.33 bits per heavy atom. The summed E-state index contributed by atoms with van der Waals surface area (Å²) in [6.45, 7) is 8.37. The third-order valence-corrected chi connectivity index (χ3v) is 2.31. The van der Waals surface area contributed by atoms with Crippen molar-refractivity contribution in [3.05, 3.63) is 24.3 Å². The van der Waals surface area contributed by atoms with Gasteiger partial charge < -0.3 is 19.5 Å². The highest BCUT2D eigenvalue weighted by Crippen LogP contribution is 2.26. The van der Waals surface area contributed by atoms with Crippen LogP contribution in [0, 0.1) is 0 Å². The van der Waals surface area contributed by atoms with E-state index in [1.54, 1.807) is 0 Å². The van der Waals surface area contributed by atoms with Gasteiger partial charge in [0.1, 0.15) is 6.61 Å². The van der Waals surface area contributed by atoms with Gasteiger partial charge in [0.05, 0.1) is 19.8 Å². The van der Waals surface area contributed by atoms with Gasteiger partial charge in [-0.3, -0.25) is 0 Å². The maximum Gasteiger partial charge on any atom is 0.161 e. The number of hydrogen-bond donors (Lipinski definition) is 1. The van der Waals surface area contributed by atoms with Crippen LogP contribution >= 0.6 is 0 Å². The first kappa shape index (κ1) is 14.8. The van der Waals surface area contributed by atoms with Gasteiger partial charge in [0.15, 0.2) is 11.5 Å². The molecule has 0 aliphatic carbocycles. The number of para-hydroxylation sites is 2. The molecule has 102 valence electrons. The molecule has 1 N–H and O–H groups in total. The normalized spacial score (nSPS) is 10.3. The average molecular weight is 253 g/mol. The van der Waals surface area contributed by atoms with Crippen molar-refractivity contribution in [3.63, 3.8) is 0 Å². The van der Waals surface area contributed by atoms with E-state index in [4.69, 9.17) is 14.2 Å². The summed E-state index contributed by atoms with van der Waals surface area (Å²) in [5, 5.41) is 3.20. The Hall–Kier alpha value is -1.26. The molecule has 0 fully saturated rings. The van der Waals surface area contributed by atoms with Crippen LogP contribution in [-0.4, -0.2) is 39.5 Å². The van der Waals surface area contributed by atoms with Crippen molar-refractivity contribution < 1.29 is 14.2 Å². The molecule has 0 heterocycles. The van der Waals surface area contributed by atoms with Crippen molar-refractivity contribution in [2.45, 2.75) is 13.8 Å². The summed E-state index contributed by atoms with van der Waals surface area (Å²) in [6, 6.07) is 7.68. The first-order valence-corrected chi connectivity index (χ1v) is 6.51. The zero-order valence-corrected chi connectivity index (χ0v) is 11.3. The molecule has 0 bridgehead atoms. The summed E-state index contributed by atoms with van der Waals surface area (Å²) in [5.41, 5.74) is 0. The van der Waals surface area contributed by atoms with Gasteiger partial charge in [0, 0.05) is 6.54 Å². The van der Waals surface area contributed by atoms with Gasteiger partial charge in [-0.15, -0.1) is 0 Å². The van der Waals surface area contributed by atoms with Crippen molar-refractivity contribution >= 4 is 0 Å². The minimum absolute atomic E-state index is 0.538. The molecule has 0 aliphatic heterocycles. The Labute approximate surface area is 109 Å². The SMILES string of the molecule is CCNCCOCCOc1ccccc1OCC. The van der Waals surface area contributed by atoms with Crippen LogP contribution in [0.4, 0.5) is 0 Å². The fourth-order valence-electron chi connectivity index (χ4n) is 1.48. The van der Waals surface area contributed by atoms with Crippen molar-refractivity contribution in [1.82, 2.24) is 5.32 Å². The molecule has 0 saturated heterocycles. The van der Waals surface area contributed by atoms with E-state index in [1.165, 1.54) is 0 Å². The van der Waals surface area contributed by atoms with E-state index in [0.717, 1.165) is 24.6 Å². The number of hydrogen-bond acceptors (Lipinski definition) is 4.